The topological polar surface area (TPSA) is 73.9 Å². The number of carbonyl (C=O) groups excluding carboxylic acids is 2. The van der Waals surface area contributed by atoms with Crippen molar-refractivity contribution >= 4 is 28.9 Å². The summed E-state index contributed by atoms with van der Waals surface area (Å²) in [6.45, 7) is 2.32. The van der Waals surface area contributed by atoms with Crippen LogP contribution >= 0.6 is 0 Å². The molecule has 0 fully saturated rings. The third-order valence-corrected chi connectivity index (χ3v) is 4.11. The summed E-state index contributed by atoms with van der Waals surface area (Å²) in [5, 5.41) is 5.55. The summed E-state index contributed by atoms with van der Waals surface area (Å²) in [7, 11) is 7.43. The van der Waals surface area contributed by atoms with Crippen molar-refractivity contribution < 1.29 is 14.3 Å². The van der Waals surface area contributed by atoms with E-state index in [4.69, 9.17) is 4.74 Å². The summed E-state index contributed by atoms with van der Waals surface area (Å²) in [5.74, 6) is 0.192. The van der Waals surface area contributed by atoms with Gasteiger partial charge in [-0.2, -0.15) is 0 Å². The van der Waals surface area contributed by atoms with Crippen LogP contribution in [0.2, 0.25) is 0 Å². The maximum absolute atomic E-state index is 12.5. The van der Waals surface area contributed by atoms with Gasteiger partial charge in [0, 0.05) is 38.9 Å². The Balaban J connectivity index is 1.97. The highest BCUT2D eigenvalue weighted by molar-refractivity contribution is 5.95. The molecule has 0 aliphatic rings. The van der Waals surface area contributed by atoms with Crippen LogP contribution in [0.25, 0.3) is 0 Å². The summed E-state index contributed by atoms with van der Waals surface area (Å²) in [5.41, 5.74) is 3.38. The molecule has 28 heavy (non-hydrogen) atoms. The number of nitrogens with zero attached hydrogens (tertiary/aromatic N) is 2. The molecule has 0 aliphatic carbocycles. The first-order chi connectivity index (χ1) is 13.3. The van der Waals surface area contributed by atoms with Crippen LogP contribution in [-0.2, 0) is 16.1 Å². The molecule has 0 heterocycles. The Morgan fingerprint density at radius 1 is 1.00 bits per heavy atom. The maximum atomic E-state index is 12.5. The number of ether oxygens (including phenoxy) is 1. The molecular weight excluding hydrogens is 356 g/mol. The van der Waals surface area contributed by atoms with Gasteiger partial charge in [-0.05, 0) is 42.9 Å². The number of nitrogens with one attached hydrogen (secondary N) is 2. The smallest absolute Gasteiger partial charge is 0.238 e. The van der Waals surface area contributed by atoms with Gasteiger partial charge < -0.3 is 20.3 Å². The molecule has 7 nitrogen and oxygen atoms in total. The lowest BCUT2D eigenvalue weighted by Gasteiger charge is -2.18. The second kappa shape index (κ2) is 9.75. The summed E-state index contributed by atoms with van der Waals surface area (Å²) >= 11 is 0. The lowest BCUT2D eigenvalue weighted by molar-refractivity contribution is -0.117. The Hall–Kier alpha value is -3.06. The van der Waals surface area contributed by atoms with Crippen LogP contribution in [0, 0.1) is 0 Å². The summed E-state index contributed by atoms with van der Waals surface area (Å²) in [6.07, 6.45) is 0. The molecule has 7 heteroatoms. The normalized spacial score (nSPS) is 10.5. The van der Waals surface area contributed by atoms with Gasteiger partial charge in [0.2, 0.25) is 11.8 Å². The van der Waals surface area contributed by atoms with E-state index in [1.807, 2.05) is 30.9 Å². The number of amides is 2. The molecule has 2 amide bonds. The third kappa shape index (κ3) is 6.28. The lowest BCUT2D eigenvalue weighted by Crippen LogP contribution is -2.30. The summed E-state index contributed by atoms with van der Waals surface area (Å²) in [6, 6.07) is 13.3. The molecular formula is C21H28N4O3. The van der Waals surface area contributed by atoms with Gasteiger partial charge in [-0.1, -0.05) is 12.1 Å². The maximum Gasteiger partial charge on any atom is 0.238 e. The van der Waals surface area contributed by atoms with Crippen molar-refractivity contribution in [1.82, 2.24) is 4.90 Å². The molecule has 0 spiro atoms. The van der Waals surface area contributed by atoms with Crippen molar-refractivity contribution in [2.45, 2.75) is 13.5 Å². The van der Waals surface area contributed by atoms with Crippen molar-refractivity contribution in [1.29, 1.82) is 0 Å². The first kappa shape index (κ1) is 21.2. The number of likely N-dealkylation sites (N-methyl/N-ethyl adjacent to an activating group) is 1. The van der Waals surface area contributed by atoms with Crippen LogP contribution in [0.4, 0.5) is 17.1 Å². The molecule has 0 saturated heterocycles. The highest BCUT2D eigenvalue weighted by Gasteiger charge is 2.12. The van der Waals surface area contributed by atoms with Gasteiger partial charge in [-0.3, -0.25) is 14.5 Å². The Morgan fingerprint density at radius 2 is 1.68 bits per heavy atom. The highest BCUT2D eigenvalue weighted by Crippen LogP contribution is 2.27. The third-order valence-electron chi connectivity index (χ3n) is 4.11. The van der Waals surface area contributed by atoms with Crippen LogP contribution in [0.5, 0.6) is 5.75 Å². The Labute approximate surface area is 166 Å². The van der Waals surface area contributed by atoms with Crippen molar-refractivity contribution in [2.75, 3.05) is 50.3 Å². The predicted octanol–water partition coefficient (Wildman–Crippen LogP) is 2.79. The van der Waals surface area contributed by atoms with E-state index in [-0.39, 0.29) is 18.4 Å². The molecule has 0 aliphatic heterocycles. The fraction of sp³-hybridized carbons (Fsp3) is 0.333. The second-order valence-electron chi connectivity index (χ2n) is 6.88. The minimum absolute atomic E-state index is 0.161. The molecule has 0 radical (unpaired) electrons. The number of carbonyl (C=O) groups is 2. The van der Waals surface area contributed by atoms with Gasteiger partial charge in [0.25, 0.3) is 0 Å². The zero-order chi connectivity index (χ0) is 20.7. The number of benzene rings is 2. The van der Waals surface area contributed by atoms with E-state index in [9.17, 15) is 9.59 Å². The molecule has 0 unspecified atom stereocenters. The van der Waals surface area contributed by atoms with E-state index in [2.05, 4.69) is 34.9 Å². The van der Waals surface area contributed by atoms with E-state index < -0.39 is 0 Å². The fourth-order valence-electron chi connectivity index (χ4n) is 2.79. The molecule has 0 bridgehead atoms. The average Bonchev–Trinajstić information content (AvgIpc) is 2.61. The van der Waals surface area contributed by atoms with Crippen molar-refractivity contribution in [3.8, 4) is 5.75 Å². The molecule has 2 rings (SSSR count). The first-order valence-electron chi connectivity index (χ1n) is 8.98. The van der Waals surface area contributed by atoms with Crippen molar-refractivity contribution in [3.63, 3.8) is 0 Å². The predicted molar refractivity (Wildman–Crippen MR) is 113 cm³/mol. The van der Waals surface area contributed by atoms with Gasteiger partial charge in [0.05, 0.1) is 19.3 Å². The molecule has 2 N–H and O–H groups in total. The molecule has 150 valence electrons. The van der Waals surface area contributed by atoms with E-state index in [1.54, 1.807) is 18.2 Å². The van der Waals surface area contributed by atoms with E-state index in [1.165, 1.54) is 14.0 Å². The Morgan fingerprint density at radius 3 is 2.25 bits per heavy atom. The highest BCUT2D eigenvalue weighted by atomic mass is 16.5. The van der Waals surface area contributed by atoms with Crippen LogP contribution in [0.3, 0.4) is 0 Å². The van der Waals surface area contributed by atoms with Crippen molar-refractivity contribution in [2.24, 2.45) is 0 Å². The van der Waals surface area contributed by atoms with Gasteiger partial charge in [-0.15, -0.1) is 0 Å². The number of hydrogen-bond acceptors (Lipinski definition) is 5. The van der Waals surface area contributed by atoms with Gasteiger partial charge in [0.15, 0.2) is 0 Å². The minimum Gasteiger partial charge on any atom is -0.495 e. The molecule has 0 atom stereocenters. The SMILES string of the molecule is COc1ccc(NC(C)=O)cc1NC(=O)CN(C)Cc1ccc(N(C)C)cc1. The lowest BCUT2D eigenvalue weighted by atomic mass is 10.2. The molecule has 2 aromatic carbocycles. The average molecular weight is 384 g/mol. The largest absolute Gasteiger partial charge is 0.495 e. The van der Waals surface area contributed by atoms with Crippen LogP contribution in [-0.4, -0.2) is 51.5 Å². The quantitative estimate of drug-likeness (QED) is 0.732. The Kier molecular flexibility index (Phi) is 7.40. The molecule has 0 aromatic heterocycles. The number of rotatable bonds is 8. The molecule has 0 saturated carbocycles. The van der Waals surface area contributed by atoms with Crippen LogP contribution in [0.1, 0.15) is 12.5 Å². The van der Waals surface area contributed by atoms with Gasteiger partial charge in [0.1, 0.15) is 5.75 Å². The summed E-state index contributed by atoms with van der Waals surface area (Å²) in [4.78, 5) is 27.7. The number of hydrogen-bond donors (Lipinski definition) is 2. The Bertz CT molecular complexity index is 819. The first-order valence-corrected chi connectivity index (χ1v) is 8.98. The standard InChI is InChI=1S/C21H28N4O3/c1-15(26)22-17-8-11-20(28-5)19(12-17)23-21(27)14-25(4)13-16-6-9-18(10-7-16)24(2)3/h6-12H,13-14H2,1-5H3,(H,22,26)(H,23,27). The van der Waals surface area contributed by atoms with Crippen LogP contribution < -0.4 is 20.3 Å². The van der Waals surface area contributed by atoms with Gasteiger partial charge >= 0.3 is 0 Å². The zero-order valence-corrected chi connectivity index (χ0v) is 17.1. The minimum atomic E-state index is -0.178. The number of methoxy groups -OCH3 is 1. The van der Waals surface area contributed by atoms with E-state index in [0.717, 1.165) is 11.3 Å². The van der Waals surface area contributed by atoms with Gasteiger partial charge in [-0.25, -0.2) is 0 Å². The second-order valence-corrected chi connectivity index (χ2v) is 6.88. The number of anilines is 3. The van der Waals surface area contributed by atoms with Crippen LogP contribution in [0.15, 0.2) is 42.5 Å². The van der Waals surface area contributed by atoms with Crippen molar-refractivity contribution in [3.05, 3.63) is 48.0 Å². The summed E-state index contributed by atoms with van der Waals surface area (Å²) < 4.78 is 5.29. The zero-order valence-electron chi connectivity index (χ0n) is 17.1. The monoisotopic (exact) mass is 384 g/mol. The fourth-order valence-corrected chi connectivity index (χ4v) is 2.79. The molecule has 2 aromatic rings. The van der Waals surface area contributed by atoms with E-state index in [0.29, 0.717) is 23.7 Å². The van der Waals surface area contributed by atoms with E-state index >= 15 is 0 Å².